The number of piperidine rings is 1. The topological polar surface area (TPSA) is 41.6 Å². The number of nitrogens with zero attached hydrogens (tertiary/aromatic N) is 1. The Kier molecular flexibility index (Phi) is 4.66. The SMILES string of the molecule is COc1ccccc1NCC1CCCCN1C(C)=O. The maximum Gasteiger partial charge on any atom is 0.219 e. The number of benzene rings is 1. The third-order valence-corrected chi connectivity index (χ3v) is 3.67. The van der Waals surface area contributed by atoms with E-state index in [9.17, 15) is 4.79 Å². The Labute approximate surface area is 114 Å². The van der Waals surface area contributed by atoms with Crippen LogP contribution in [0.2, 0.25) is 0 Å². The van der Waals surface area contributed by atoms with Crippen molar-refractivity contribution < 1.29 is 9.53 Å². The van der Waals surface area contributed by atoms with Crippen molar-refractivity contribution in [2.24, 2.45) is 0 Å². The van der Waals surface area contributed by atoms with Gasteiger partial charge in [-0.2, -0.15) is 0 Å². The molecule has 2 rings (SSSR count). The second kappa shape index (κ2) is 6.45. The van der Waals surface area contributed by atoms with Crippen LogP contribution >= 0.6 is 0 Å². The number of methoxy groups -OCH3 is 1. The first kappa shape index (κ1) is 13.7. The van der Waals surface area contributed by atoms with Crippen LogP contribution in [0.5, 0.6) is 5.75 Å². The fourth-order valence-electron chi connectivity index (χ4n) is 2.65. The lowest BCUT2D eigenvalue weighted by Crippen LogP contribution is -2.46. The van der Waals surface area contributed by atoms with E-state index in [-0.39, 0.29) is 11.9 Å². The van der Waals surface area contributed by atoms with E-state index in [0.29, 0.717) is 0 Å². The van der Waals surface area contributed by atoms with Crippen LogP contribution in [0.1, 0.15) is 26.2 Å². The van der Waals surface area contributed by atoms with Crippen LogP contribution in [0.4, 0.5) is 5.69 Å². The molecule has 1 fully saturated rings. The van der Waals surface area contributed by atoms with Crippen LogP contribution in [0, 0.1) is 0 Å². The van der Waals surface area contributed by atoms with Gasteiger partial charge < -0.3 is 15.0 Å². The van der Waals surface area contributed by atoms with E-state index in [4.69, 9.17) is 4.74 Å². The van der Waals surface area contributed by atoms with Crippen molar-refractivity contribution in [2.75, 3.05) is 25.5 Å². The van der Waals surface area contributed by atoms with E-state index >= 15 is 0 Å². The number of carbonyl (C=O) groups excluding carboxylic acids is 1. The number of likely N-dealkylation sites (tertiary alicyclic amines) is 1. The molecule has 1 saturated heterocycles. The van der Waals surface area contributed by atoms with Gasteiger partial charge in [0.2, 0.25) is 5.91 Å². The Balaban J connectivity index is 1.98. The van der Waals surface area contributed by atoms with Gasteiger partial charge in [-0.1, -0.05) is 12.1 Å². The normalized spacial score (nSPS) is 19.1. The summed E-state index contributed by atoms with van der Waals surface area (Å²) in [7, 11) is 1.67. The molecule has 1 aliphatic rings. The number of ether oxygens (including phenoxy) is 1. The standard InChI is InChI=1S/C15H22N2O2/c1-12(18)17-10-6-5-7-13(17)11-16-14-8-3-4-9-15(14)19-2/h3-4,8-9,13,16H,5-7,10-11H2,1-2H3. The summed E-state index contributed by atoms with van der Waals surface area (Å²) >= 11 is 0. The van der Waals surface area contributed by atoms with E-state index in [0.717, 1.165) is 37.4 Å². The maximum absolute atomic E-state index is 11.6. The molecule has 1 heterocycles. The van der Waals surface area contributed by atoms with Crippen LogP contribution in [-0.4, -0.2) is 37.0 Å². The summed E-state index contributed by atoms with van der Waals surface area (Å²) in [6, 6.07) is 8.16. The first-order chi connectivity index (χ1) is 9.22. The Bertz CT molecular complexity index is 434. The summed E-state index contributed by atoms with van der Waals surface area (Å²) in [4.78, 5) is 13.6. The van der Waals surface area contributed by atoms with Crippen LogP contribution in [0.25, 0.3) is 0 Å². The predicted molar refractivity (Wildman–Crippen MR) is 76.5 cm³/mol. The molecule has 1 aliphatic heterocycles. The van der Waals surface area contributed by atoms with Crippen LogP contribution in [-0.2, 0) is 4.79 Å². The van der Waals surface area contributed by atoms with Crippen LogP contribution in [0.15, 0.2) is 24.3 Å². The summed E-state index contributed by atoms with van der Waals surface area (Å²) in [5.74, 6) is 1.01. The zero-order chi connectivity index (χ0) is 13.7. The van der Waals surface area contributed by atoms with Crippen LogP contribution < -0.4 is 10.1 Å². The first-order valence-electron chi connectivity index (χ1n) is 6.86. The highest BCUT2D eigenvalue weighted by molar-refractivity contribution is 5.73. The molecule has 0 bridgehead atoms. The van der Waals surface area contributed by atoms with Gasteiger partial charge in [0.25, 0.3) is 0 Å². The Morgan fingerprint density at radius 3 is 2.95 bits per heavy atom. The van der Waals surface area contributed by atoms with Gasteiger partial charge in [0, 0.05) is 26.1 Å². The summed E-state index contributed by atoms with van der Waals surface area (Å²) in [5, 5.41) is 3.40. The van der Waals surface area contributed by atoms with Gasteiger partial charge in [-0.05, 0) is 31.4 Å². The molecule has 4 nitrogen and oxygen atoms in total. The van der Waals surface area contributed by atoms with Crippen LogP contribution in [0.3, 0.4) is 0 Å². The zero-order valence-electron chi connectivity index (χ0n) is 11.7. The highest BCUT2D eigenvalue weighted by Crippen LogP contribution is 2.24. The van der Waals surface area contributed by atoms with Crippen molar-refractivity contribution in [3.05, 3.63) is 24.3 Å². The van der Waals surface area contributed by atoms with Gasteiger partial charge >= 0.3 is 0 Å². The Morgan fingerprint density at radius 2 is 2.21 bits per heavy atom. The van der Waals surface area contributed by atoms with Crippen molar-refractivity contribution in [3.8, 4) is 5.75 Å². The average molecular weight is 262 g/mol. The molecule has 1 atom stereocenters. The van der Waals surface area contributed by atoms with Gasteiger partial charge in [0.1, 0.15) is 5.75 Å². The minimum Gasteiger partial charge on any atom is -0.495 e. The van der Waals surface area contributed by atoms with Crippen molar-refractivity contribution in [1.82, 2.24) is 4.90 Å². The monoisotopic (exact) mass is 262 g/mol. The van der Waals surface area contributed by atoms with E-state index in [2.05, 4.69) is 5.32 Å². The number of anilines is 1. The Morgan fingerprint density at radius 1 is 1.42 bits per heavy atom. The van der Waals surface area contributed by atoms with Crippen molar-refractivity contribution in [1.29, 1.82) is 0 Å². The average Bonchev–Trinajstić information content (AvgIpc) is 2.45. The first-order valence-corrected chi connectivity index (χ1v) is 6.86. The van der Waals surface area contributed by atoms with Crippen molar-refractivity contribution in [3.63, 3.8) is 0 Å². The second-order valence-electron chi connectivity index (χ2n) is 4.94. The quantitative estimate of drug-likeness (QED) is 0.906. The second-order valence-corrected chi connectivity index (χ2v) is 4.94. The third-order valence-electron chi connectivity index (χ3n) is 3.67. The molecule has 1 aromatic carbocycles. The number of carbonyl (C=O) groups is 1. The number of rotatable bonds is 4. The molecule has 4 heteroatoms. The lowest BCUT2D eigenvalue weighted by molar-refractivity contribution is -0.132. The molecular formula is C15H22N2O2. The molecule has 0 saturated carbocycles. The molecule has 0 aromatic heterocycles. The van der Waals surface area contributed by atoms with Gasteiger partial charge in [0.15, 0.2) is 0 Å². The Hall–Kier alpha value is -1.71. The highest BCUT2D eigenvalue weighted by atomic mass is 16.5. The molecule has 1 aromatic rings. The number of para-hydroxylation sites is 2. The molecule has 1 unspecified atom stereocenters. The number of amides is 1. The van der Waals surface area contributed by atoms with Gasteiger partial charge in [-0.25, -0.2) is 0 Å². The molecule has 1 N–H and O–H groups in total. The highest BCUT2D eigenvalue weighted by Gasteiger charge is 2.24. The molecule has 1 amide bonds. The fourth-order valence-corrected chi connectivity index (χ4v) is 2.65. The summed E-state index contributed by atoms with van der Waals surface area (Å²) in [5.41, 5.74) is 0.985. The number of nitrogens with one attached hydrogen (secondary N) is 1. The van der Waals surface area contributed by atoms with Gasteiger partial charge in [-0.3, -0.25) is 4.79 Å². The lowest BCUT2D eigenvalue weighted by atomic mass is 10.0. The molecule has 0 aliphatic carbocycles. The van der Waals surface area contributed by atoms with Gasteiger partial charge in [-0.15, -0.1) is 0 Å². The predicted octanol–water partition coefficient (Wildman–Crippen LogP) is 2.51. The van der Waals surface area contributed by atoms with Crippen molar-refractivity contribution in [2.45, 2.75) is 32.2 Å². The zero-order valence-corrected chi connectivity index (χ0v) is 11.7. The molecule has 104 valence electrons. The number of hydrogen-bond acceptors (Lipinski definition) is 3. The summed E-state index contributed by atoms with van der Waals surface area (Å²) in [6.07, 6.45) is 3.38. The fraction of sp³-hybridized carbons (Fsp3) is 0.533. The van der Waals surface area contributed by atoms with E-state index in [1.165, 1.54) is 6.42 Å². The van der Waals surface area contributed by atoms with E-state index < -0.39 is 0 Å². The molecule has 0 radical (unpaired) electrons. The van der Waals surface area contributed by atoms with E-state index in [1.54, 1.807) is 14.0 Å². The summed E-state index contributed by atoms with van der Waals surface area (Å²) in [6.45, 7) is 3.31. The lowest BCUT2D eigenvalue weighted by Gasteiger charge is -2.35. The van der Waals surface area contributed by atoms with Crippen molar-refractivity contribution >= 4 is 11.6 Å². The maximum atomic E-state index is 11.6. The minimum atomic E-state index is 0.173. The summed E-state index contributed by atoms with van der Waals surface area (Å²) < 4.78 is 5.32. The number of hydrogen-bond donors (Lipinski definition) is 1. The smallest absolute Gasteiger partial charge is 0.219 e. The largest absolute Gasteiger partial charge is 0.495 e. The third kappa shape index (κ3) is 3.40. The molecule has 19 heavy (non-hydrogen) atoms. The molecule has 0 spiro atoms. The molecular weight excluding hydrogens is 240 g/mol. The van der Waals surface area contributed by atoms with E-state index in [1.807, 2.05) is 29.2 Å². The van der Waals surface area contributed by atoms with Gasteiger partial charge in [0.05, 0.1) is 12.8 Å². The minimum absolute atomic E-state index is 0.173.